The molecule has 3 aliphatic rings. The van der Waals surface area contributed by atoms with E-state index in [1.807, 2.05) is 0 Å². The highest BCUT2D eigenvalue weighted by atomic mass is 16.6. The Balaban J connectivity index is 1.70. The van der Waals surface area contributed by atoms with Crippen molar-refractivity contribution in [1.82, 2.24) is 15.1 Å². The van der Waals surface area contributed by atoms with Crippen LogP contribution in [0.1, 0.15) is 46.5 Å². The molecule has 0 bridgehead atoms. The maximum absolute atomic E-state index is 13.8. The van der Waals surface area contributed by atoms with Gasteiger partial charge in [0.15, 0.2) is 6.04 Å². The molecule has 0 aliphatic carbocycles. The molecule has 0 spiro atoms. The Morgan fingerprint density at radius 3 is 1.59 bits per heavy atom. The zero-order valence-electron chi connectivity index (χ0n) is 21.7. The lowest BCUT2D eigenvalue weighted by molar-refractivity contribution is -0.134. The average molecular weight is 514 g/mol. The van der Waals surface area contributed by atoms with E-state index in [0.717, 1.165) is 25.7 Å². The molecular formula is C26H35N5O6. The third-order valence-electron chi connectivity index (χ3n) is 6.65. The number of rotatable bonds is 5. The molecule has 5 amide bonds. The number of benzene rings is 1. The summed E-state index contributed by atoms with van der Waals surface area (Å²) in [5, 5.41) is 2.40. The van der Waals surface area contributed by atoms with E-state index in [1.165, 1.54) is 9.80 Å². The minimum Gasteiger partial charge on any atom is -0.444 e. The quantitative estimate of drug-likeness (QED) is 0.596. The number of hydrogen-bond acceptors (Lipinski definition) is 6. The molecule has 3 aliphatic heterocycles. The number of para-hydroxylation sites is 2. The van der Waals surface area contributed by atoms with E-state index in [9.17, 15) is 24.0 Å². The van der Waals surface area contributed by atoms with Gasteiger partial charge in [-0.25, -0.2) is 4.79 Å². The van der Waals surface area contributed by atoms with Crippen LogP contribution in [-0.4, -0.2) is 90.4 Å². The van der Waals surface area contributed by atoms with E-state index in [1.54, 1.807) is 54.8 Å². The van der Waals surface area contributed by atoms with Crippen LogP contribution in [0.3, 0.4) is 0 Å². The first-order valence-electron chi connectivity index (χ1n) is 12.8. The highest BCUT2D eigenvalue weighted by Gasteiger charge is 2.43. The third-order valence-corrected chi connectivity index (χ3v) is 6.65. The van der Waals surface area contributed by atoms with Crippen molar-refractivity contribution in [2.24, 2.45) is 0 Å². The van der Waals surface area contributed by atoms with E-state index >= 15 is 0 Å². The number of amides is 5. The molecule has 11 heteroatoms. The minimum absolute atomic E-state index is 0.245. The van der Waals surface area contributed by atoms with Crippen LogP contribution in [0, 0.1) is 0 Å². The standard InChI is InChI=1S/C26H35N5O6/c1-26(2,3)37-25(36)27-22-23(34)30(16-20(32)28-12-6-7-13-28)18-10-4-5-11-19(18)31(24(22)35)17-21(33)29-14-8-9-15-29/h4-5,10-11,22H,6-9,12-17H2,1-3H3,(H,27,36). The number of carbonyl (C=O) groups is 5. The summed E-state index contributed by atoms with van der Waals surface area (Å²) >= 11 is 0. The SMILES string of the molecule is CC(C)(C)OC(=O)NC1C(=O)N(CC(=O)N2CCCC2)c2ccccc2N(CC(=O)N2CCCC2)C1=O. The van der Waals surface area contributed by atoms with Gasteiger partial charge in [0.1, 0.15) is 18.7 Å². The zero-order chi connectivity index (χ0) is 26.7. The highest BCUT2D eigenvalue weighted by Crippen LogP contribution is 2.34. The van der Waals surface area contributed by atoms with Gasteiger partial charge in [0.05, 0.1) is 11.4 Å². The topological polar surface area (TPSA) is 120 Å². The van der Waals surface area contributed by atoms with Gasteiger partial charge in [-0.05, 0) is 58.6 Å². The van der Waals surface area contributed by atoms with Crippen LogP contribution in [0.15, 0.2) is 24.3 Å². The van der Waals surface area contributed by atoms with E-state index < -0.39 is 29.6 Å². The van der Waals surface area contributed by atoms with Gasteiger partial charge in [-0.15, -0.1) is 0 Å². The van der Waals surface area contributed by atoms with Crippen molar-refractivity contribution >= 4 is 41.1 Å². The lowest BCUT2D eigenvalue weighted by Crippen LogP contribution is -2.58. The van der Waals surface area contributed by atoms with Gasteiger partial charge in [-0.2, -0.15) is 0 Å². The summed E-state index contributed by atoms with van der Waals surface area (Å²) in [5.74, 6) is -2.00. The van der Waals surface area contributed by atoms with Crippen LogP contribution >= 0.6 is 0 Å². The molecule has 11 nitrogen and oxygen atoms in total. The molecule has 1 aromatic carbocycles. The van der Waals surface area contributed by atoms with Crippen LogP contribution in [0.25, 0.3) is 0 Å². The van der Waals surface area contributed by atoms with E-state index in [-0.39, 0.29) is 24.9 Å². The van der Waals surface area contributed by atoms with Crippen molar-refractivity contribution < 1.29 is 28.7 Å². The summed E-state index contributed by atoms with van der Waals surface area (Å²) in [6, 6.07) is 5.01. The predicted octanol–water partition coefficient (Wildman–Crippen LogP) is 1.50. The minimum atomic E-state index is -1.67. The highest BCUT2D eigenvalue weighted by molar-refractivity contribution is 6.23. The van der Waals surface area contributed by atoms with E-state index in [0.29, 0.717) is 37.6 Å². The number of nitrogens with one attached hydrogen (secondary N) is 1. The average Bonchev–Trinajstić information content (AvgIpc) is 3.56. The molecule has 0 aromatic heterocycles. The molecule has 0 saturated carbocycles. The van der Waals surface area contributed by atoms with Crippen molar-refractivity contribution in [3.05, 3.63) is 24.3 Å². The molecule has 4 rings (SSSR count). The molecule has 1 N–H and O–H groups in total. The molecule has 200 valence electrons. The van der Waals surface area contributed by atoms with Gasteiger partial charge in [-0.3, -0.25) is 29.0 Å². The molecule has 3 heterocycles. The van der Waals surface area contributed by atoms with Gasteiger partial charge in [-0.1, -0.05) is 12.1 Å². The van der Waals surface area contributed by atoms with Crippen LogP contribution in [0.2, 0.25) is 0 Å². The van der Waals surface area contributed by atoms with Gasteiger partial charge in [0.25, 0.3) is 11.8 Å². The Labute approximate surface area is 216 Å². The van der Waals surface area contributed by atoms with E-state index in [2.05, 4.69) is 5.32 Å². The van der Waals surface area contributed by atoms with Crippen LogP contribution in [-0.2, 0) is 23.9 Å². The number of anilines is 2. The second-order valence-corrected chi connectivity index (χ2v) is 10.6. The fourth-order valence-corrected chi connectivity index (χ4v) is 4.85. The van der Waals surface area contributed by atoms with Gasteiger partial charge >= 0.3 is 6.09 Å². The van der Waals surface area contributed by atoms with Crippen LogP contribution < -0.4 is 15.1 Å². The molecule has 1 aromatic rings. The van der Waals surface area contributed by atoms with Crippen LogP contribution in [0.5, 0.6) is 0 Å². The first kappa shape index (κ1) is 26.4. The number of likely N-dealkylation sites (tertiary alicyclic amines) is 2. The summed E-state index contributed by atoms with van der Waals surface area (Å²) in [6.07, 6.45) is 2.63. The number of ether oxygens (including phenoxy) is 1. The summed E-state index contributed by atoms with van der Waals surface area (Å²) in [5.41, 5.74) is -0.201. The second-order valence-electron chi connectivity index (χ2n) is 10.6. The largest absolute Gasteiger partial charge is 0.444 e. The van der Waals surface area contributed by atoms with Crippen LogP contribution in [0.4, 0.5) is 16.2 Å². The van der Waals surface area contributed by atoms with Crippen molar-refractivity contribution in [3.63, 3.8) is 0 Å². The lowest BCUT2D eigenvalue weighted by atomic mass is 10.2. The Bertz CT molecular complexity index is 1000. The fourth-order valence-electron chi connectivity index (χ4n) is 4.85. The number of hydrogen-bond donors (Lipinski definition) is 1. The Hall–Kier alpha value is -3.63. The first-order chi connectivity index (χ1) is 17.5. The molecule has 2 fully saturated rings. The summed E-state index contributed by atoms with van der Waals surface area (Å²) in [6.45, 7) is 6.86. The Morgan fingerprint density at radius 2 is 1.22 bits per heavy atom. The molecule has 0 unspecified atom stereocenters. The molecular weight excluding hydrogens is 478 g/mol. The number of fused-ring (bicyclic) bond motifs is 1. The van der Waals surface area contributed by atoms with Gasteiger partial charge in [0, 0.05) is 26.2 Å². The fraction of sp³-hybridized carbons (Fsp3) is 0.577. The molecule has 0 atom stereocenters. The van der Waals surface area contributed by atoms with Crippen molar-refractivity contribution in [2.45, 2.75) is 58.1 Å². The third kappa shape index (κ3) is 6.03. The first-order valence-corrected chi connectivity index (χ1v) is 12.8. The smallest absolute Gasteiger partial charge is 0.408 e. The summed E-state index contributed by atoms with van der Waals surface area (Å²) < 4.78 is 5.31. The van der Waals surface area contributed by atoms with Crippen molar-refractivity contribution in [2.75, 3.05) is 49.1 Å². The summed E-state index contributed by atoms with van der Waals surface area (Å²) in [4.78, 5) is 72.2. The van der Waals surface area contributed by atoms with Crippen molar-refractivity contribution in [3.8, 4) is 0 Å². The number of alkyl carbamates (subject to hydrolysis) is 1. The van der Waals surface area contributed by atoms with Crippen molar-refractivity contribution in [1.29, 1.82) is 0 Å². The van der Waals surface area contributed by atoms with Gasteiger partial charge in [0.2, 0.25) is 11.8 Å². The van der Waals surface area contributed by atoms with E-state index in [4.69, 9.17) is 4.74 Å². The number of nitrogens with zero attached hydrogens (tertiary/aromatic N) is 4. The normalized spacial score (nSPS) is 18.7. The predicted molar refractivity (Wildman–Crippen MR) is 136 cm³/mol. The summed E-state index contributed by atoms with van der Waals surface area (Å²) in [7, 11) is 0. The lowest BCUT2D eigenvalue weighted by Gasteiger charge is -2.27. The maximum Gasteiger partial charge on any atom is 0.408 e. The molecule has 0 radical (unpaired) electrons. The zero-order valence-corrected chi connectivity index (χ0v) is 21.7. The second kappa shape index (κ2) is 10.8. The Kier molecular flexibility index (Phi) is 7.70. The number of carbonyl (C=O) groups excluding carboxylic acids is 5. The maximum atomic E-state index is 13.8. The van der Waals surface area contributed by atoms with Gasteiger partial charge < -0.3 is 19.9 Å². The molecule has 37 heavy (non-hydrogen) atoms. The Morgan fingerprint density at radius 1 is 0.811 bits per heavy atom. The molecule has 2 saturated heterocycles. The monoisotopic (exact) mass is 513 g/mol.